The average Bonchev–Trinajstić information content (AvgIpc) is 2.97. The number of ether oxygens (including phenoxy) is 1. The summed E-state index contributed by atoms with van der Waals surface area (Å²) in [5.41, 5.74) is -0.830. The second-order valence-corrected chi connectivity index (χ2v) is 6.54. The van der Waals surface area contributed by atoms with Gasteiger partial charge in [0.05, 0.1) is 11.6 Å². The van der Waals surface area contributed by atoms with Crippen molar-refractivity contribution >= 4 is 41.3 Å². The van der Waals surface area contributed by atoms with Crippen LogP contribution in [0.2, 0.25) is 0 Å². The van der Waals surface area contributed by atoms with E-state index in [9.17, 15) is 13.2 Å². The van der Waals surface area contributed by atoms with Crippen LogP contribution in [0.15, 0.2) is 10.4 Å². The van der Waals surface area contributed by atoms with E-state index in [0.29, 0.717) is 43.0 Å². The van der Waals surface area contributed by atoms with Gasteiger partial charge in [-0.2, -0.15) is 13.2 Å². The van der Waals surface area contributed by atoms with Gasteiger partial charge in [-0.3, -0.25) is 4.99 Å². The number of alkyl halides is 3. The summed E-state index contributed by atoms with van der Waals surface area (Å²) in [6.07, 6.45) is -2.94. The predicted octanol–water partition coefficient (Wildman–Crippen LogP) is 3.55. The number of hydrogen-bond acceptors (Lipinski definition) is 4. The molecule has 1 aromatic heterocycles. The van der Waals surface area contributed by atoms with Gasteiger partial charge < -0.3 is 15.4 Å². The maximum absolute atomic E-state index is 12.5. The molecule has 0 bridgehead atoms. The smallest absolute Gasteiger partial charge is 0.380 e. The lowest BCUT2D eigenvalue weighted by atomic mass is 10.1. The lowest BCUT2D eigenvalue weighted by molar-refractivity contribution is -0.140. The Labute approximate surface area is 167 Å². The van der Waals surface area contributed by atoms with Crippen LogP contribution < -0.4 is 10.6 Å². The highest BCUT2D eigenvalue weighted by molar-refractivity contribution is 14.0. The first-order valence-electron chi connectivity index (χ1n) is 7.86. The molecule has 0 spiro atoms. The molecular formula is C15H26F3IN4OS. The van der Waals surface area contributed by atoms with Gasteiger partial charge in [-0.25, -0.2) is 4.98 Å². The minimum absolute atomic E-state index is 0. The van der Waals surface area contributed by atoms with Crippen molar-refractivity contribution in [1.29, 1.82) is 0 Å². The third-order valence-corrected chi connectivity index (χ3v) is 3.98. The normalized spacial score (nSPS) is 12.2. The molecule has 0 saturated carbocycles. The number of thiazole rings is 1. The number of nitrogens with one attached hydrogen (secondary N) is 2. The van der Waals surface area contributed by atoms with Crippen LogP contribution >= 0.6 is 35.3 Å². The summed E-state index contributed by atoms with van der Waals surface area (Å²) in [5, 5.41) is 7.62. The fourth-order valence-corrected chi connectivity index (χ4v) is 2.53. The first kappa shape index (κ1) is 24.4. The highest BCUT2D eigenvalue weighted by Crippen LogP contribution is 2.29. The third-order valence-electron chi connectivity index (χ3n) is 3.08. The van der Waals surface area contributed by atoms with Gasteiger partial charge in [-0.05, 0) is 12.3 Å². The molecule has 146 valence electrons. The number of aromatic nitrogens is 1. The number of guanidine groups is 1. The van der Waals surface area contributed by atoms with Gasteiger partial charge in [-0.15, -0.1) is 35.3 Å². The lowest BCUT2D eigenvalue weighted by Gasteiger charge is -2.12. The Balaban J connectivity index is 0.00000576. The largest absolute Gasteiger partial charge is 0.434 e. The monoisotopic (exact) mass is 494 g/mol. The molecule has 5 nitrogen and oxygen atoms in total. The summed E-state index contributed by atoms with van der Waals surface area (Å²) < 4.78 is 42.9. The Morgan fingerprint density at radius 2 is 1.96 bits per heavy atom. The Hall–Kier alpha value is -0.620. The van der Waals surface area contributed by atoms with E-state index in [0.717, 1.165) is 29.7 Å². The SMILES string of the molecule is CN=C(NCCOCCC(C)C)NCCc1nc(C(F)(F)F)cs1.I. The van der Waals surface area contributed by atoms with Crippen molar-refractivity contribution < 1.29 is 17.9 Å². The van der Waals surface area contributed by atoms with Crippen molar-refractivity contribution in [2.45, 2.75) is 32.9 Å². The maximum atomic E-state index is 12.5. The molecular weight excluding hydrogens is 468 g/mol. The fourth-order valence-electron chi connectivity index (χ4n) is 1.73. The Morgan fingerprint density at radius 1 is 1.28 bits per heavy atom. The van der Waals surface area contributed by atoms with Crippen LogP contribution in [0.4, 0.5) is 13.2 Å². The predicted molar refractivity (Wildman–Crippen MR) is 106 cm³/mol. The van der Waals surface area contributed by atoms with Gasteiger partial charge in [-0.1, -0.05) is 13.8 Å². The van der Waals surface area contributed by atoms with E-state index in [1.54, 1.807) is 7.05 Å². The van der Waals surface area contributed by atoms with E-state index in [1.807, 2.05) is 0 Å². The zero-order chi connectivity index (χ0) is 18.0. The summed E-state index contributed by atoms with van der Waals surface area (Å²) >= 11 is 1.01. The molecule has 0 unspecified atom stereocenters. The minimum Gasteiger partial charge on any atom is -0.380 e. The topological polar surface area (TPSA) is 58.5 Å². The third kappa shape index (κ3) is 10.9. The summed E-state index contributed by atoms with van der Waals surface area (Å²) in [5.74, 6) is 1.21. The first-order valence-corrected chi connectivity index (χ1v) is 8.74. The maximum Gasteiger partial charge on any atom is 0.434 e. The van der Waals surface area contributed by atoms with Crippen LogP contribution in [0.5, 0.6) is 0 Å². The van der Waals surface area contributed by atoms with Crippen molar-refractivity contribution in [1.82, 2.24) is 15.6 Å². The molecule has 0 saturated heterocycles. The molecule has 0 fully saturated rings. The van der Waals surface area contributed by atoms with Crippen LogP contribution in [0, 0.1) is 5.92 Å². The Bertz CT molecular complexity index is 509. The zero-order valence-corrected chi connectivity index (χ0v) is 17.8. The molecule has 0 radical (unpaired) electrons. The molecule has 1 aromatic rings. The van der Waals surface area contributed by atoms with E-state index in [4.69, 9.17) is 4.74 Å². The summed E-state index contributed by atoms with van der Waals surface area (Å²) in [6, 6.07) is 0. The summed E-state index contributed by atoms with van der Waals surface area (Å²) in [7, 11) is 1.64. The van der Waals surface area contributed by atoms with Crippen molar-refractivity contribution in [3.8, 4) is 0 Å². The molecule has 0 amide bonds. The van der Waals surface area contributed by atoms with Crippen molar-refractivity contribution in [3.05, 3.63) is 16.1 Å². The molecule has 1 heterocycles. The molecule has 0 aliphatic heterocycles. The van der Waals surface area contributed by atoms with E-state index in [1.165, 1.54) is 0 Å². The van der Waals surface area contributed by atoms with Crippen LogP contribution in [0.25, 0.3) is 0 Å². The Morgan fingerprint density at radius 3 is 2.52 bits per heavy atom. The van der Waals surface area contributed by atoms with E-state index in [-0.39, 0.29) is 24.0 Å². The number of aliphatic imine (C=N–C) groups is 1. The van der Waals surface area contributed by atoms with Gasteiger partial charge in [0.25, 0.3) is 0 Å². The highest BCUT2D eigenvalue weighted by atomic mass is 127. The summed E-state index contributed by atoms with van der Waals surface area (Å²) in [4.78, 5) is 7.64. The van der Waals surface area contributed by atoms with Crippen molar-refractivity contribution in [3.63, 3.8) is 0 Å². The second kappa shape index (κ2) is 12.7. The van der Waals surface area contributed by atoms with Crippen LogP contribution in [0.1, 0.15) is 31.0 Å². The summed E-state index contributed by atoms with van der Waals surface area (Å²) in [6.45, 7) is 6.68. The van der Waals surface area contributed by atoms with Gasteiger partial charge in [0.2, 0.25) is 0 Å². The molecule has 2 N–H and O–H groups in total. The quantitative estimate of drug-likeness (QED) is 0.239. The van der Waals surface area contributed by atoms with Crippen LogP contribution in [0.3, 0.4) is 0 Å². The minimum atomic E-state index is -4.38. The standard InChI is InChI=1S/C15H25F3N4OS.HI/c1-11(2)5-8-23-9-7-21-14(19-3)20-6-4-13-22-12(10-24-13)15(16,17)18;/h10-11H,4-9H2,1-3H3,(H2,19,20,21);1H. The molecule has 0 aliphatic carbocycles. The van der Waals surface area contributed by atoms with Gasteiger partial charge in [0, 0.05) is 38.5 Å². The molecule has 0 aliphatic rings. The average molecular weight is 494 g/mol. The van der Waals surface area contributed by atoms with Crippen molar-refractivity contribution in [2.24, 2.45) is 10.9 Å². The second-order valence-electron chi connectivity index (χ2n) is 5.59. The molecule has 0 atom stereocenters. The lowest BCUT2D eigenvalue weighted by Crippen LogP contribution is -2.39. The first-order chi connectivity index (χ1) is 11.3. The molecule has 10 heteroatoms. The molecule has 0 aromatic carbocycles. The van der Waals surface area contributed by atoms with E-state index >= 15 is 0 Å². The van der Waals surface area contributed by atoms with Crippen LogP contribution in [-0.4, -0.2) is 44.3 Å². The number of hydrogen-bond donors (Lipinski definition) is 2. The Kier molecular flexibility index (Phi) is 12.4. The molecule has 1 rings (SSSR count). The number of rotatable bonds is 9. The van der Waals surface area contributed by atoms with Crippen LogP contribution in [-0.2, 0) is 17.3 Å². The fraction of sp³-hybridized carbons (Fsp3) is 0.733. The molecule has 25 heavy (non-hydrogen) atoms. The zero-order valence-electron chi connectivity index (χ0n) is 14.7. The van der Waals surface area contributed by atoms with E-state index in [2.05, 4.69) is 34.5 Å². The number of nitrogens with zero attached hydrogens (tertiary/aromatic N) is 2. The van der Waals surface area contributed by atoms with Crippen molar-refractivity contribution in [2.75, 3.05) is 33.4 Å². The van der Waals surface area contributed by atoms with E-state index < -0.39 is 11.9 Å². The van der Waals surface area contributed by atoms with Gasteiger partial charge in [0.1, 0.15) is 0 Å². The number of halogens is 4. The highest BCUT2D eigenvalue weighted by Gasteiger charge is 2.33. The van der Waals surface area contributed by atoms with Gasteiger partial charge in [0.15, 0.2) is 11.7 Å². The van der Waals surface area contributed by atoms with Gasteiger partial charge >= 0.3 is 6.18 Å².